The second-order valence-electron chi connectivity index (χ2n) is 7.11. The topological polar surface area (TPSA) is 43.2 Å². The summed E-state index contributed by atoms with van der Waals surface area (Å²) in [4.78, 5) is 9.18. The molecule has 0 N–H and O–H groups in total. The third-order valence-electron chi connectivity index (χ3n) is 5.00. The van der Waals surface area contributed by atoms with Gasteiger partial charge in [0, 0.05) is 12.4 Å². The molecule has 4 aromatic rings. The van der Waals surface area contributed by atoms with Crippen LogP contribution in [0.4, 0.5) is 11.4 Å². The summed E-state index contributed by atoms with van der Waals surface area (Å²) in [6.45, 7) is 0. The van der Waals surface area contributed by atoms with Crippen LogP contribution in [0.25, 0.3) is 11.1 Å². The van der Waals surface area contributed by atoms with E-state index in [0.717, 1.165) is 33.6 Å². The van der Waals surface area contributed by atoms with Crippen molar-refractivity contribution in [3.8, 4) is 22.6 Å². The Morgan fingerprint density at radius 2 is 0.938 bits per heavy atom. The fourth-order valence-corrected chi connectivity index (χ4v) is 3.29. The Balaban J connectivity index is 1.60. The van der Waals surface area contributed by atoms with Gasteiger partial charge < -0.3 is 9.47 Å². The molecule has 0 saturated heterocycles. The van der Waals surface area contributed by atoms with E-state index >= 15 is 0 Å². The van der Waals surface area contributed by atoms with Crippen LogP contribution in [-0.4, -0.2) is 26.6 Å². The predicted molar refractivity (Wildman–Crippen MR) is 132 cm³/mol. The van der Waals surface area contributed by atoms with Gasteiger partial charge >= 0.3 is 0 Å². The molecule has 0 unspecified atom stereocenters. The minimum Gasteiger partial charge on any atom is -0.494 e. The highest BCUT2D eigenvalue weighted by Crippen LogP contribution is 2.36. The van der Waals surface area contributed by atoms with E-state index in [1.807, 2.05) is 109 Å². The molecule has 0 aliphatic heterocycles. The summed E-state index contributed by atoms with van der Waals surface area (Å²) in [6.07, 6.45) is 3.67. The molecule has 0 fully saturated rings. The summed E-state index contributed by atoms with van der Waals surface area (Å²) < 4.78 is 11.2. The van der Waals surface area contributed by atoms with Gasteiger partial charge in [0.2, 0.25) is 0 Å². The smallest absolute Gasteiger partial charge is 0.145 e. The van der Waals surface area contributed by atoms with Gasteiger partial charge in [0.15, 0.2) is 0 Å². The lowest BCUT2D eigenvalue weighted by molar-refractivity contribution is 0.415. The van der Waals surface area contributed by atoms with Gasteiger partial charge in [0.05, 0.1) is 14.2 Å². The Bertz CT molecular complexity index is 1130. The number of hydrogen-bond donors (Lipinski definition) is 0. The first kappa shape index (κ1) is 21.1. The van der Waals surface area contributed by atoms with E-state index in [1.54, 1.807) is 14.2 Å². The number of rotatable bonds is 7. The van der Waals surface area contributed by atoms with Crippen molar-refractivity contribution in [1.82, 2.24) is 0 Å². The third-order valence-corrected chi connectivity index (χ3v) is 5.00. The molecule has 0 bridgehead atoms. The zero-order valence-electron chi connectivity index (χ0n) is 18.1. The maximum Gasteiger partial charge on any atom is 0.145 e. The Morgan fingerprint density at radius 3 is 1.31 bits per heavy atom. The molecule has 0 atom stereocenters. The van der Waals surface area contributed by atoms with Crippen molar-refractivity contribution in [2.24, 2.45) is 9.98 Å². The minimum absolute atomic E-state index is 0.708. The van der Waals surface area contributed by atoms with E-state index in [4.69, 9.17) is 9.47 Å². The summed E-state index contributed by atoms with van der Waals surface area (Å²) in [6, 6.07) is 31.9. The maximum atomic E-state index is 5.60. The van der Waals surface area contributed by atoms with Gasteiger partial charge in [-0.25, -0.2) is 0 Å². The van der Waals surface area contributed by atoms with E-state index in [0.29, 0.717) is 11.5 Å². The molecular weight excluding hydrogens is 396 g/mol. The molecule has 0 aliphatic rings. The third kappa shape index (κ3) is 5.10. The SMILES string of the molecule is COc1cc(-c2ccc(N=Cc3ccccc3)c(OC)c2)ccc1N=Cc1ccccc1. The maximum absolute atomic E-state index is 5.60. The van der Waals surface area contributed by atoms with Gasteiger partial charge in [-0.3, -0.25) is 9.98 Å². The first-order chi connectivity index (χ1) is 15.8. The van der Waals surface area contributed by atoms with Crippen LogP contribution >= 0.6 is 0 Å². The quantitative estimate of drug-likeness (QED) is 0.306. The molecule has 0 aromatic heterocycles. The highest BCUT2D eigenvalue weighted by molar-refractivity contribution is 5.84. The fourth-order valence-electron chi connectivity index (χ4n) is 3.29. The van der Waals surface area contributed by atoms with Gasteiger partial charge in [0.1, 0.15) is 22.9 Å². The summed E-state index contributed by atoms with van der Waals surface area (Å²) in [5.74, 6) is 1.42. The lowest BCUT2D eigenvalue weighted by Crippen LogP contribution is -1.89. The van der Waals surface area contributed by atoms with Crippen LogP contribution in [0.1, 0.15) is 11.1 Å². The Kier molecular flexibility index (Phi) is 6.73. The van der Waals surface area contributed by atoms with Crippen molar-refractivity contribution in [2.75, 3.05) is 14.2 Å². The first-order valence-corrected chi connectivity index (χ1v) is 10.3. The van der Waals surface area contributed by atoms with Crippen LogP contribution in [0, 0.1) is 0 Å². The summed E-state index contributed by atoms with van der Waals surface area (Å²) in [7, 11) is 3.31. The van der Waals surface area contributed by atoms with Crippen molar-refractivity contribution in [3.05, 3.63) is 108 Å². The Morgan fingerprint density at radius 1 is 0.531 bits per heavy atom. The average Bonchev–Trinajstić information content (AvgIpc) is 2.87. The van der Waals surface area contributed by atoms with Crippen LogP contribution in [0.3, 0.4) is 0 Å². The minimum atomic E-state index is 0.708. The number of nitrogens with zero attached hydrogens (tertiary/aromatic N) is 2. The summed E-state index contributed by atoms with van der Waals surface area (Å²) >= 11 is 0. The first-order valence-electron chi connectivity index (χ1n) is 10.3. The number of ether oxygens (including phenoxy) is 2. The fraction of sp³-hybridized carbons (Fsp3) is 0.0714. The van der Waals surface area contributed by atoms with Crippen LogP contribution in [0.2, 0.25) is 0 Å². The largest absolute Gasteiger partial charge is 0.494 e. The zero-order chi connectivity index (χ0) is 22.2. The van der Waals surface area contributed by atoms with Crippen LogP contribution in [0.5, 0.6) is 11.5 Å². The average molecular weight is 421 g/mol. The molecule has 4 nitrogen and oxygen atoms in total. The van der Waals surface area contributed by atoms with Crippen molar-refractivity contribution < 1.29 is 9.47 Å². The normalized spacial score (nSPS) is 11.2. The van der Waals surface area contributed by atoms with E-state index in [2.05, 4.69) is 9.98 Å². The van der Waals surface area contributed by atoms with Gasteiger partial charge in [-0.2, -0.15) is 0 Å². The van der Waals surface area contributed by atoms with Crippen molar-refractivity contribution >= 4 is 23.8 Å². The molecule has 0 saturated carbocycles. The molecule has 0 radical (unpaired) electrons. The second-order valence-corrected chi connectivity index (χ2v) is 7.11. The van der Waals surface area contributed by atoms with Crippen molar-refractivity contribution in [1.29, 1.82) is 0 Å². The molecule has 0 amide bonds. The van der Waals surface area contributed by atoms with Gasteiger partial charge in [-0.05, 0) is 46.5 Å². The molecule has 0 aliphatic carbocycles. The predicted octanol–water partition coefficient (Wildman–Crippen LogP) is 6.87. The highest BCUT2D eigenvalue weighted by atomic mass is 16.5. The zero-order valence-corrected chi connectivity index (χ0v) is 18.1. The van der Waals surface area contributed by atoms with Gasteiger partial charge in [-0.15, -0.1) is 0 Å². The van der Waals surface area contributed by atoms with E-state index < -0.39 is 0 Å². The molecule has 4 rings (SSSR count). The molecule has 0 spiro atoms. The summed E-state index contributed by atoms with van der Waals surface area (Å²) in [5.41, 5.74) is 5.65. The second kappa shape index (κ2) is 10.2. The molecule has 32 heavy (non-hydrogen) atoms. The van der Waals surface area contributed by atoms with Crippen LogP contribution in [-0.2, 0) is 0 Å². The molecule has 0 heterocycles. The van der Waals surface area contributed by atoms with Crippen LogP contribution in [0.15, 0.2) is 107 Å². The number of methoxy groups -OCH3 is 2. The Hall–Kier alpha value is -4.18. The van der Waals surface area contributed by atoms with Gasteiger partial charge in [0.25, 0.3) is 0 Å². The van der Waals surface area contributed by atoms with Crippen LogP contribution < -0.4 is 9.47 Å². The monoisotopic (exact) mass is 420 g/mol. The molecular formula is C28H24N2O2. The number of hydrogen-bond acceptors (Lipinski definition) is 4. The Labute approximate surface area is 188 Å². The number of aliphatic imine (C=N–C) groups is 2. The molecule has 4 heteroatoms. The standard InChI is InChI=1S/C28H24N2O2/c1-31-27-17-23(13-15-25(27)29-19-21-9-5-3-6-10-21)24-14-16-26(28(18-24)32-2)30-20-22-11-7-4-8-12-22/h3-20H,1-2H3. The molecule has 158 valence electrons. The lowest BCUT2D eigenvalue weighted by atomic mass is 10.0. The van der Waals surface area contributed by atoms with E-state index in [1.165, 1.54) is 0 Å². The van der Waals surface area contributed by atoms with E-state index in [-0.39, 0.29) is 0 Å². The molecule has 4 aromatic carbocycles. The van der Waals surface area contributed by atoms with Crippen molar-refractivity contribution in [3.63, 3.8) is 0 Å². The van der Waals surface area contributed by atoms with Gasteiger partial charge in [-0.1, -0.05) is 72.8 Å². The number of benzene rings is 4. The van der Waals surface area contributed by atoms with E-state index in [9.17, 15) is 0 Å². The van der Waals surface area contributed by atoms with Crippen molar-refractivity contribution in [2.45, 2.75) is 0 Å². The summed E-state index contributed by atoms with van der Waals surface area (Å²) in [5, 5.41) is 0. The highest BCUT2D eigenvalue weighted by Gasteiger charge is 2.09. The lowest BCUT2D eigenvalue weighted by Gasteiger charge is -2.10.